The number of unbranched alkanes of at least 4 members (excludes halogenated alkanes) is 2. The molecule has 0 unspecified atom stereocenters. The van der Waals surface area contributed by atoms with E-state index >= 15 is 0 Å². The van der Waals surface area contributed by atoms with Gasteiger partial charge in [0.15, 0.2) is 11.6 Å². The molecule has 0 atom stereocenters. The molecule has 0 radical (unpaired) electrons. The van der Waals surface area contributed by atoms with Crippen LogP contribution in [0, 0.1) is 0 Å². The Balaban J connectivity index is 1.99. The van der Waals surface area contributed by atoms with Crippen LogP contribution in [0.5, 0.6) is 0 Å². The zero-order valence-electron chi connectivity index (χ0n) is 13.9. The van der Waals surface area contributed by atoms with Crippen molar-refractivity contribution in [2.45, 2.75) is 39.5 Å². The second-order valence-corrected chi connectivity index (χ2v) is 5.57. The Hall–Kier alpha value is -2.30. The molecule has 0 aliphatic rings. The van der Waals surface area contributed by atoms with Gasteiger partial charge in [-0.15, -0.1) is 0 Å². The fraction of sp³-hybridized carbons (Fsp3) is 0.444. The number of amides is 2. The van der Waals surface area contributed by atoms with E-state index in [2.05, 4.69) is 24.3 Å². The van der Waals surface area contributed by atoms with Crippen molar-refractivity contribution in [3.63, 3.8) is 0 Å². The van der Waals surface area contributed by atoms with Crippen molar-refractivity contribution in [3.8, 4) is 11.3 Å². The van der Waals surface area contributed by atoms with Crippen molar-refractivity contribution in [2.75, 3.05) is 18.4 Å². The van der Waals surface area contributed by atoms with Gasteiger partial charge in [0, 0.05) is 24.7 Å². The van der Waals surface area contributed by atoms with Crippen molar-refractivity contribution >= 4 is 11.8 Å². The van der Waals surface area contributed by atoms with Crippen molar-refractivity contribution in [2.24, 2.45) is 0 Å². The molecule has 1 heterocycles. The van der Waals surface area contributed by atoms with Gasteiger partial charge in [-0.05, 0) is 12.8 Å². The van der Waals surface area contributed by atoms with E-state index < -0.39 is 0 Å². The van der Waals surface area contributed by atoms with Crippen LogP contribution in [0.4, 0.5) is 10.6 Å². The van der Waals surface area contributed by atoms with Crippen LogP contribution in [-0.4, -0.2) is 29.2 Å². The van der Waals surface area contributed by atoms with E-state index in [4.69, 9.17) is 4.52 Å². The summed E-state index contributed by atoms with van der Waals surface area (Å²) in [6.07, 6.45) is 4.15. The first-order chi connectivity index (χ1) is 11.2. The smallest absolute Gasteiger partial charge is 0.323 e. The normalized spacial score (nSPS) is 10.5. The summed E-state index contributed by atoms with van der Waals surface area (Å²) in [6, 6.07) is 11.4. The van der Waals surface area contributed by atoms with E-state index in [1.807, 2.05) is 35.2 Å². The largest absolute Gasteiger partial charge is 0.354 e. The minimum absolute atomic E-state index is 0.111. The molecule has 0 saturated carbocycles. The number of carbonyl (C=O) groups is 1. The molecule has 124 valence electrons. The summed E-state index contributed by atoms with van der Waals surface area (Å²) < 4.78 is 5.31. The predicted molar refractivity (Wildman–Crippen MR) is 92.3 cm³/mol. The fourth-order valence-electron chi connectivity index (χ4n) is 2.27. The zero-order chi connectivity index (χ0) is 16.5. The second-order valence-electron chi connectivity index (χ2n) is 5.57. The number of hydrogen-bond acceptors (Lipinski definition) is 3. The van der Waals surface area contributed by atoms with Crippen LogP contribution in [0.2, 0.25) is 0 Å². The molecule has 2 amide bonds. The number of hydrogen-bond donors (Lipinski definition) is 1. The maximum absolute atomic E-state index is 12.4. The van der Waals surface area contributed by atoms with Gasteiger partial charge in [-0.25, -0.2) is 4.79 Å². The summed E-state index contributed by atoms with van der Waals surface area (Å²) >= 11 is 0. The van der Waals surface area contributed by atoms with Gasteiger partial charge in [-0.1, -0.05) is 62.2 Å². The van der Waals surface area contributed by atoms with Crippen LogP contribution < -0.4 is 5.32 Å². The van der Waals surface area contributed by atoms with Crippen LogP contribution in [0.3, 0.4) is 0 Å². The first kappa shape index (κ1) is 17.1. The molecule has 0 aliphatic heterocycles. The summed E-state index contributed by atoms with van der Waals surface area (Å²) in [5.41, 5.74) is 0.939. The average Bonchev–Trinajstić information content (AvgIpc) is 3.04. The minimum Gasteiger partial charge on any atom is -0.354 e. The topological polar surface area (TPSA) is 58.4 Å². The first-order valence-corrected chi connectivity index (χ1v) is 8.32. The predicted octanol–water partition coefficient (Wildman–Crippen LogP) is 4.78. The van der Waals surface area contributed by atoms with Crippen LogP contribution in [0.25, 0.3) is 11.3 Å². The molecule has 5 heteroatoms. The van der Waals surface area contributed by atoms with Gasteiger partial charge in [0.2, 0.25) is 0 Å². The van der Waals surface area contributed by atoms with Gasteiger partial charge in [-0.2, -0.15) is 0 Å². The van der Waals surface area contributed by atoms with E-state index in [9.17, 15) is 4.79 Å². The average molecular weight is 315 g/mol. The van der Waals surface area contributed by atoms with E-state index in [0.29, 0.717) is 11.6 Å². The molecule has 23 heavy (non-hydrogen) atoms. The molecule has 0 spiro atoms. The number of rotatable bonds is 8. The molecular formula is C18H25N3O2. The molecule has 0 bridgehead atoms. The van der Waals surface area contributed by atoms with Gasteiger partial charge >= 0.3 is 6.03 Å². The second kappa shape index (κ2) is 8.98. The third-order valence-electron chi connectivity index (χ3n) is 3.65. The number of nitrogens with one attached hydrogen (secondary N) is 1. The molecule has 1 aromatic heterocycles. The van der Waals surface area contributed by atoms with Gasteiger partial charge < -0.3 is 9.42 Å². The Kier molecular flexibility index (Phi) is 6.66. The number of carbonyl (C=O) groups excluding carboxylic acids is 1. The third kappa shape index (κ3) is 5.13. The highest BCUT2D eigenvalue weighted by Gasteiger charge is 2.15. The monoisotopic (exact) mass is 315 g/mol. The highest BCUT2D eigenvalue weighted by Crippen LogP contribution is 2.22. The van der Waals surface area contributed by atoms with Gasteiger partial charge in [-0.3, -0.25) is 5.32 Å². The van der Waals surface area contributed by atoms with Crippen LogP contribution in [0.1, 0.15) is 39.5 Å². The Morgan fingerprint density at radius 2 is 1.78 bits per heavy atom. The Labute approximate surface area is 137 Å². The molecular weight excluding hydrogens is 290 g/mol. The Morgan fingerprint density at radius 1 is 1.13 bits per heavy atom. The number of anilines is 1. The fourth-order valence-corrected chi connectivity index (χ4v) is 2.27. The summed E-state index contributed by atoms with van der Waals surface area (Å²) in [5, 5.41) is 6.77. The lowest BCUT2D eigenvalue weighted by molar-refractivity contribution is 0.209. The number of nitrogens with zero attached hydrogens (tertiary/aromatic N) is 2. The van der Waals surface area contributed by atoms with Crippen molar-refractivity contribution in [1.29, 1.82) is 0 Å². The van der Waals surface area contributed by atoms with Crippen LogP contribution >= 0.6 is 0 Å². The van der Waals surface area contributed by atoms with E-state index in [-0.39, 0.29) is 6.03 Å². The standard InChI is InChI=1S/C18H25N3O2/c1-3-5-12-21(13-6-4-2)18(22)19-17-14-16(23-20-17)15-10-8-7-9-11-15/h7-11,14H,3-6,12-13H2,1-2H3,(H,19,20,22). The molecule has 5 nitrogen and oxygen atoms in total. The third-order valence-corrected chi connectivity index (χ3v) is 3.65. The Morgan fingerprint density at radius 3 is 2.39 bits per heavy atom. The van der Waals surface area contributed by atoms with E-state index in [1.165, 1.54) is 0 Å². The zero-order valence-corrected chi connectivity index (χ0v) is 13.9. The molecule has 2 rings (SSSR count). The van der Waals surface area contributed by atoms with E-state index in [1.54, 1.807) is 6.07 Å². The quantitative estimate of drug-likeness (QED) is 0.763. The minimum atomic E-state index is -0.111. The van der Waals surface area contributed by atoms with E-state index in [0.717, 1.165) is 44.3 Å². The van der Waals surface area contributed by atoms with Gasteiger partial charge in [0.05, 0.1) is 0 Å². The lowest BCUT2D eigenvalue weighted by Crippen LogP contribution is -2.36. The van der Waals surface area contributed by atoms with Crippen molar-refractivity contribution < 1.29 is 9.32 Å². The van der Waals surface area contributed by atoms with Crippen molar-refractivity contribution in [3.05, 3.63) is 36.4 Å². The number of aromatic nitrogens is 1. The summed E-state index contributed by atoms with van der Waals surface area (Å²) in [6.45, 7) is 5.79. The highest BCUT2D eigenvalue weighted by molar-refractivity contribution is 5.88. The highest BCUT2D eigenvalue weighted by atomic mass is 16.5. The van der Waals surface area contributed by atoms with Gasteiger partial charge in [0.25, 0.3) is 0 Å². The summed E-state index contributed by atoms with van der Waals surface area (Å²) in [4.78, 5) is 14.3. The van der Waals surface area contributed by atoms with Crippen LogP contribution in [0.15, 0.2) is 40.9 Å². The summed E-state index contributed by atoms with van der Waals surface area (Å²) in [5.74, 6) is 1.10. The van der Waals surface area contributed by atoms with Crippen molar-refractivity contribution in [1.82, 2.24) is 10.1 Å². The maximum atomic E-state index is 12.4. The summed E-state index contributed by atoms with van der Waals surface area (Å²) in [7, 11) is 0. The molecule has 0 aliphatic carbocycles. The lowest BCUT2D eigenvalue weighted by atomic mass is 10.2. The number of benzene rings is 1. The van der Waals surface area contributed by atoms with Crippen LogP contribution in [-0.2, 0) is 0 Å². The Bertz CT molecular complexity index is 587. The molecule has 0 saturated heterocycles. The maximum Gasteiger partial charge on any atom is 0.323 e. The van der Waals surface area contributed by atoms with Gasteiger partial charge in [0.1, 0.15) is 0 Å². The first-order valence-electron chi connectivity index (χ1n) is 8.32. The SMILES string of the molecule is CCCCN(CCCC)C(=O)Nc1cc(-c2ccccc2)on1. The number of urea groups is 1. The molecule has 1 N–H and O–H groups in total. The lowest BCUT2D eigenvalue weighted by Gasteiger charge is -2.22. The molecule has 2 aromatic rings. The molecule has 1 aromatic carbocycles. The molecule has 0 fully saturated rings.